The molecule has 8 fully saturated rings. The highest BCUT2D eigenvalue weighted by Gasteiger charge is 2.57. The predicted molar refractivity (Wildman–Crippen MR) is 115 cm³/mol. The lowest BCUT2D eigenvalue weighted by molar-refractivity contribution is 0.0136. The second kappa shape index (κ2) is 6.08. The Morgan fingerprint density at radius 3 is 1.22 bits per heavy atom. The predicted octanol–water partition coefficient (Wildman–Crippen LogP) is 6.44. The van der Waals surface area contributed by atoms with Gasteiger partial charge in [-0.2, -0.15) is 0 Å². The van der Waals surface area contributed by atoms with Gasteiger partial charge in [0, 0.05) is 0 Å². The van der Waals surface area contributed by atoms with Crippen LogP contribution >= 0.6 is 7.92 Å². The van der Waals surface area contributed by atoms with Gasteiger partial charge in [0.05, 0.1) is 0 Å². The summed E-state index contributed by atoms with van der Waals surface area (Å²) < 4.78 is 0. The van der Waals surface area contributed by atoms with Crippen molar-refractivity contribution in [2.24, 2.45) is 47.3 Å². The van der Waals surface area contributed by atoms with E-state index < -0.39 is 0 Å². The molecule has 8 saturated carbocycles. The summed E-state index contributed by atoms with van der Waals surface area (Å²) in [6.07, 6.45) is 16.1. The lowest BCUT2D eigenvalue weighted by Crippen LogP contribution is -2.53. The van der Waals surface area contributed by atoms with Crippen molar-refractivity contribution in [2.75, 3.05) is 0 Å². The molecule has 0 nitrogen and oxygen atoms in total. The van der Waals surface area contributed by atoms with Gasteiger partial charge in [-0.3, -0.25) is 0 Å². The SMILES string of the molecule is c1ccc(P(C2C3CC4CC(C3)CC2C4)C2C3CC4CC(C3)CC2C4)cc1. The molecule has 27 heavy (non-hydrogen) atoms. The average molecular weight is 379 g/mol. The Morgan fingerprint density at radius 2 is 0.852 bits per heavy atom. The Labute approximate surface area is 166 Å². The molecule has 0 aliphatic heterocycles. The lowest BCUT2D eigenvalue weighted by Gasteiger charge is -2.62. The minimum absolute atomic E-state index is 0.0444. The first-order valence-electron chi connectivity index (χ1n) is 12.1. The second-order valence-electron chi connectivity index (χ2n) is 11.6. The maximum absolute atomic E-state index is 2.56. The van der Waals surface area contributed by atoms with Gasteiger partial charge in [0.25, 0.3) is 0 Å². The summed E-state index contributed by atoms with van der Waals surface area (Å²) >= 11 is 0. The first-order chi connectivity index (χ1) is 13.3. The maximum Gasteiger partial charge on any atom is -0.0109 e. The van der Waals surface area contributed by atoms with Gasteiger partial charge >= 0.3 is 0 Å². The van der Waals surface area contributed by atoms with Crippen molar-refractivity contribution in [3.63, 3.8) is 0 Å². The highest BCUT2D eigenvalue weighted by Crippen LogP contribution is 2.70. The number of hydrogen-bond acceptors (Lipinski definition) is 0. The molecule has 1 aromatic rings. The largest absolute Gasteiger partial charge is 0.0678 e. The molecule has 8 aliphatic carbocycles. The van der Waals surface area contributed by atoms with E-state index in [1.165, 1.54) is 0 Å². The second-order valence-corrected chi connectivity index (χ2v) is 14.1. The quantitative estimate of drug-likeness (QED) is 0.531. The zero-order valence-corrected chi connectivity index (χ0v) is 17.6. The number of benzene rings is 1. The van der Waals surface area contributed by atoms with E-state index in [-0.39, 0.29) is 7.92 Å². The summed E-state index contributed by atoms with van der Waals surface area (Å²) in [5, 5.41) is 1.81. The first-order valence-corrected chi connectivity index (χ1v) is 13.6. The Hall–Kier alpha value is -0.350. The maximum atomic E-state index is 2.56. The van der Waals surface area contributed by atoms with Crippen LogP contribution in [0.25, 0.3) is 0 Å². The van der Waals surface area contributed by atoms with Gasteiger partial charge in [0.2, 0.25) is 0 Å². The van der Waals surface area contributed by atoms with E-state index in [9.17, 15) is 0 Å². The number of rotatable bonds is 3. The highest BCUT2D eigenvalue weighted by atomic mass is 31.1. The fourth-order valence-corrected chi connectivity index (χ4v) is 14.2. The molecular formula is C26H35P. The van der Waals surface area contributed by atoms with Gasteiger partial charge in [0.1, 0.15) is 0 Å². The Bertz CT molecular complexity index is 610. The van der Waals surface area contributed by atoms with Crippen LogP contribution in [0, 0.1) is 47.3 Å². The number of hydrogen-bond donors (Lipinski definition) is 0. The molecule has 0 saturated heterocycles. The fourth-order valence-electron chi connectivity index (χ4n) is 9.84. The van der Waals surface area contributed by atoms with Crippen molar-refractivity contribution in [3.8, 4) is 0 Å². The van der Waals surface area contributed by atoms with E-state index in [1.54, 1.807) is 64.2 Å². The van der Waals surface area contributed by atoms with E-state index in [0.717, 1.165) is 58.7 Å². The third-order valence-corrected chi connectivity index (χ3v) is 13.9. The van der Waals surface area contributed by atoms with Crippen LogP contribution in [-0.2, 0) is 0 Å². The summed E-state index contributed by atoms with van der Waals surface area (Å²) in [5.41, 5.74) is 2.19. The van der Waals surface area contributed by atoms with E-state index >= 15 is 0 Å². The van der Waals surface area contributed by atoms with Crippen molar-refractivity contribution in [1.82, 2.24) is 0 Å². The molecule has 0 N–H and O–H groups in total. The lowest BCUT2D eigenvalue weighted by atomic mass is 9.55. The molecule has 0 unspecified atom stereocenters. The molecule has 0 amide bonds. The molecular weight excluding hydrogens is 343 g/mol. The smallest absolute Gasteiger partial charge is 0.0109 e. The molecule has 9 rings (SSSR count). The van der Waals surface area contributed by atoms with Gasteiger partial charge in [-0.1, -0.05) is 38.3 Å². The van der Waals surface area contributed by atoms with Crippen molar-refractivity contribution >= 4 is 13.2 Å². The van der Waals surface area contributed by atoms with Crippen LogP contribution in [0.1, 0.15) is 64.2 Å². The van der Waals surface area contributed by atoms with Crippen LogP contribution in [-0.4, -0.2) is 11.3 Å². The third kappa shape index (κ3) is 2.51. The van der Waals surface area contributed by atoms with Crippen LogP contribution in [0.4, 0.5) is 0 Å². The monoisotopic (exact) mass is 378 g/mol. The van der Waals surface area contributed by atoms with Gasteiger partial charge in [-0.25, -0.2) is 0 Å². The topological polar surface area (TPSA) is 0 Å². The average Bonchev–Trinajstić information content (AvgIpc) is 2.65. The summed E-state index contributed by atoms with van der Waals surface area (Å²) in [6, 6.07) is 12.1. The van der Waals surface area contributed by atoms with Gasteiger partial charge in [0.15, 0.2) is 0 Å². The summed E-state index contributed by atoms with van der Waals surface area (Å²) in [6.45, 7) is 0. The summed E-state index contributed by atoms with van der Waals surface area (Å²) in [7, 11) is 0.0444. The normalized spacial score (nSPS) is 53.0. The molecule has 8 aliphatic rings. The van der Waals surface area contributed by atoms with Crippen LogP contribution in [0.3, 0.4) is 0 Å². The standard InChI is InChI=1S/C26H35P/c1-2-4-24(5-3-1)27(25-20-8-16-6-17(10-20)11-21(25)9-16)26-22-12-18-7-19(14-22)15-23(26)13-18/h1-5,16-23,25-26H,6-15H2. The highest BCUT2D eigenvalue weighted by molar-refractivity contribution is 7.67. The third-order valence-electron chi connectivity index (χ3n) is 10.1. The molecule has 0 spiro atoms. The van der Waals surface area contributed by atoms with E-state index in [1.807, 2.05) is 5.30 Å². The molecule has 0 radical (unpaired) electrons. The van der Waals surface area contributed by atoms with Crippen LogP contribution < -0.4 is 5.30 Å². The van der Waals surface area contributed by atoms with E-state index in [2.05, 4.69) is 30.3 Å². The molecule has 0 aromatic heterocycles. The van der Waals surface area contributed by atoms with Crippen LogP contribution in [0.15, 0.2) is 30.3 Å². The Morgan fingerprint density at radius 1 is 0.481 bits per heavy atom. The van der Waals surface area contributed by atoms with E-state index in [0.29, 0.717) is 0 Å². The van der Waals surface area contributed by atoms with E-state index in [4.69, 9.17) is 0 Å². The zero-order chi connectivity index (χ0) is 17.5. The Balaban J connectivity index is 1.30. The minimum atomic E-state index is 0.0444. The van der Waals surface area contributed by atoms with Crippen LogP contribution in [0.5, 0.6) is 0 Å². The molecule has 0 heterocycles. The molecule has 8 bridgehead atoms. The van der Waals surface area contributed by atoms with Crippen molar-refractivity contribution in [2.45, 2.75) is 75.5 Å². The van der Waals surface area contributed by atoms with Crippen molar-refractivity contribution < 1.29 is 0 Å². The zero-order valence-electron chi connectivity index (χ0n) is 16.7. The van der Waals surface area contributed by atoms with Crippen molar-refractivity contribution in [3.05, 3.63) is 30.3 Å². The summed E-state index contributed by atoms with van der Waals surface area (Å²) in [4.78, 5) is 0. The first kappa shape index (κ1) is 16.4. The molecule has 1 heteroatoms. The summed E-state index contributed by atoms with van der Waals surface area (Å²) in [5.74, 6) is 8.89. The van der Waals surface area contributed by atoms with Crippen LogP contribution in [0.2, 0.25) is 0 Å². The van der Waals surface area contributed by atoms with Crippen molar-refractivity contribution in [1.29, 1.82) is 0 Å². The molecule has 144 valence electrons. The molecule has 0 atom stereocenters. The minimum Gasteiger partial charge on any atom is -0.0678 e. The Kier molecular flexibility index (Phi) is 3.70. The van der Waals surface area contributed by atoms with Gasteiger partial charge in [-0.15, -0.1) is 0 Å². The van der Waals surface area contributed by atoms with Gasteiger partial charge in [-0.05, 0) is 128 Å². The van der Waals surface area contributed by atoms with Gasteiger partial charge < -0.3 is 0 Å². The molecule has 1 aromatic carbocycles. The fraction of sp³-hybridized carbons (Fsp3) is 0.769.